The van der Waals surface area contributed by atoms with E-state index in [1.54, 1.807) is 18.2 Å². The Morgan fingerprint density at radius 2 is 1.92 bits per heavy atom. The van der Waals surface area contributed by atoms with Crippen molar-refractivity contribution in [2.45, 2.75) is 6.92 Å². The second kappa shape index (κ2) is 8.96. The van der Waals surface area contributed by atoms with Crippen LogP contribution >= 0.6 is 11.6 Å². The molecule has 0 unspecified atom stereocenters. The maximum Gasteiger partial charge on any atom is 0.325 e. The number of anilines is 1. The first kappa shape index (κ1) is 19.4. The van der Waals surface area contributed by atoms with Crippen LogP contribution in [0.4, 0.5) is 10.1 Å². The van der Waals surface area contributed by atoms with Crippen LogP contribution in [-0.4, -0.2) is 30.9 Å². The molecule has 2 aromatic rings. The van der Waals surface area contributed by atoms with E-state index >= 15 is 0 Å². The number of aryl methyl sites for hydroxylation is 1. The van der Waals surface area contributed by atoms with Gasteiger partial charge in [0.05, 0.1) is 5.69 Å². The van der Waals surface area contributed by atoms with E-state index in [-0.39, 0.29) is 10.7 Å². The fourth-order valence-corrected chi connectivity index (χ4v) is 2.19. The summed E-state index contributed by atoms with van der Waals surface area (Å²) in [6.45, 7) is 0.823. The van der Waals surface area contributed by atoms with Gasteiger partial charge in [0.1, 0.15) is 12.4 Å². The number of carbonyl (C=O) groups is 3. The normalized spacial score (nSPS) is 10.1. The number of carbonyl (C=O) groups excluding carboxylic acids is 3. The molecule has 0 aromatic heterocycles. The lowest BCUT2D eigenvalue weighted by Gasteiger charge is -2.08. The van der Waals surface area contributed by atoms with Crippen molar-refractivity contribution >= 4 is 35.1 Å². The molecular weight excluding hydrogens is 363 g/mol. The molecule has 0 atom stereocenters. The minimum Gasteiger partial charge on any atom is -0.454 e. The quantitative estimate of drug-likeness (QED) is 0.757. The first-order chi connectivity index (χ1) is 12.3. The Hall–Kier alpha value is -2.93. The van der Waals surface area contributed by atoms with Gasteiger partial charge in [-0.3, -0.25) is 14.4 Å². The topological polar surface area (TPSA) is 84.5 Å². The van der Waals surface area contributed by atoms with E-state index in [9.17, 15) is 18.8 Å². The number of hydrogen-bond acceptors (Lipinski definition) is 4. The Morgan fingerprint density at radius 3 is 2.65 bits per heavy atom. The fraction of sp³-hybridized carbons (Fsp3) is 0.167. The lowest BCUT2D eigenvalue weighted by molar-refractivity contribution is -0.146. The molecule has 26 heavy (non-hydrogen) atoms. The van der Waals surface area contributed by atoms with E-state index in [0.717, 1.165) is 11.6 Å². The maximum absolute atomic E-state index is 13.5. The van der Waals surface area contributed by atoms with Gasteiger partial charge in [0.2, 0.25) is 0 Å². The van der Waals surface area contributed by atoms with Gasteiger partial charge in [-0.05, 0) is 37.3 Å². The summed E-state index contributed by atoms with van der Waals surface area (Å²) in [6.07, 6.45) is 0. The van der Waals surface area contributed by atoms with Crippen LogP contribution in [0.1, 0.15) is 15.9 Å². The summed E-state index contributed by atoms with van der Waals surface area (Å²) in [6, 6.07) is 10.5. The molecule has 2 amide bonds. The molecule has 0 bridgehead atoms. The number of halogens is 2. The molecule has 0 fully saturated rings. The minimum atomic E-state index is -0.798. The molecule has 0 aliphatic carbocycles. The molecule has 0 aliphatic rings. The lowest BCUT2D eigenvalue weighted by atomic mass is 10.1. The van der Waals surface area contributed by atoms with Crippen LogP contribution in [0.2, 0.25) is 5.02 Å². The van der Waals surface area contributed by atoms with Gasteiger partial charge < -0.3 is 15.4 Å². The van der Waals surface area contributed by atoms with Crippen molar-refractivity contribution in [3.05, 3.63) is 64.4 Å². The third kappa shape index (κ3) is 5.86. The van der Waals surface area contributed by atoms with Crippen molar-refractivity contribution in [3.63, 3.8) is 0 Å². The van der Waals surface area contributed by atoms with E-state index in [2.05, 4.69) is 10.6 Å². The Kier molecular flexibility index (Phi) is 6.68. The average molecular weight is 379 g/mol. The molecule has 6 nitrogen and oxygen atoms in total. The van der Waals surface area contributed by atoms with Gasteiger partial charge in [0, 0.05) is 10.6 Å². The number of esters is 1. The molecular formula is C18H16ClFN2O4. The predicted molar refractivity (Wildman–Crippen MR) is 94.5 cm³/mol. The van der Waals surface area contributed by atoms with Crippen LogP contribution in [0.5, 0.6) is 0 Å². The maximum atomic E-state index is 13.5. The van der Waals surface area contributed by atoms with Crippen molar-refractivity contribution in [1.82, 2.24) is 5.32 Å². The van der Waals surface area contributed by atoms with Crippen LogP contribution < -0.4 is 10.6 Å². The van der Waals surface area contributed by atoms with Crippen LogP contribution in [0, 0.1) is 12.7 Å². The summed E-state index contributed by atoms with van der Waals surface area (Å²) in [4.78, 5) is 35.2. The van der Waals surface area contributed by atoms with Gasteiger partial charge in [0.15, 0.2) is 6.61 Å². The summed E-state index contributed by atoms with van der Waals surface area (Å²) in [5.41, 5.74) is 1.20. The second-order valence-corrected chi connectivity index (χ2v) is 5.82. The zero-order valence-electron chi connectivity index (χ0n) is 13.8. The van der Waals surface area contributed by atoms with Gasteiger partial charge in [-0.1, -0.05) is 29.3 Å². The zero-order chi connectivity index (χ0) is 19.1. The molecule has 0 saturated carbocycles. The SMILES string of the molecule is Cc1cccc(C(=O)NCC(=O)OCC(=O)Nc2cc(Cl)ccc2F)c1. The van der Waals surface area contributed by atoms with E-state index in [4.69, 9.17) is 16.3 Å². The minimum absolute atomic E-state index is 0.119. The summed E-state index contributed by atoms with van der Waals surface area (Å²) in [7, 11) is 0. The number of nitrogens with one attached hydrogen (secondary N) is 2. The van der Waals surface area contributed by atoms with Crippen molar-refractivity contribution in [1.29, 1.82) is 0 Å². The summed E-state index contributed by atoms with van der Waals surface area (Å²) >= 11 is 5.72. The highest BCUT2D eigenvalue weighted by atomic mass is 35.5. The molecule has 2 N–H and O–H groups in total. The molecule has 0 aliphatic heterocycles. The van der Waals surface area contributed by atoms with E-state index in [0.29, 0.717) is 5.56 Å². The monoisotopic (exact) mass is 378 g/mol. The highest BCUT2D eigenvalue weighted by molar-refractivity contribution is 6.30. The number of benzene rings is 2. The molecule has 0 spiro atoms. The van der Waals surface area contributed by atoms with Crippen LogP contribution in [-0.2, 0) is 14.3 Å². The summed E-state index contributed by atoms with van der Waals surface area (Å²) < 4.78 is 18.2. The van der Waals surface area contributed by atoms with Gasteiger partial charge in [-0.25, -0.2) is 4.39 Å². The van der Waals surface area contributed by atoms with Crippen LogP contribution in [0.25, 0.3) is 0 Å². The Balaban J connectivity index is 1.77. The van der Waals surface area contributed by atoms with Crippen molar-refractivity contribution in [2.24, 2.45) is 0 Å². The van der Waals surface area contributed by atoms with Gasteiger partial charge >= 0.3 is 5.97 Å². The standard InChI is InChI=1S/C18H16ClFN2O4/c1-11-3-2-4-12(7-11)18(25)21-9-17(24)26-10-16(23)22-15-8-13(19)5-6-14(15)20/h2-8H,9-10H2,1H3,(H,21,25)(H,22,23). The first-order valence-corrected chi connectivity index (χ1v) is 7.98. The van der Waals surface area contributed by atoms with Gasteiger partial charge in [-0.15, -0.1) is 0 Å². The average Bonchev–Trinajstić information content (AvgIpc) is 2.61. The third-order valence-electron chi connectivity index (χ3n) is 3.24. The fourth-order valence-electron chi connectivity index (χ4n) is 2.02. The Bertz CT molecular complexity index is 842. The highest BCUT2D eigenvalue weighted by Gasteiger charge is 2.12. The van der Waals surface area contributed by atoms with Gasteiger partial charge in [0.25, 0.3) is 11.8 Å². The molecule has 0 saturated heterocycles. The smallest absolute Gasteiger partial charge is 0.325 e. The Labute approximate surface area is 154 Å². The number of hydrogen-bond donors (Lipinski definition) is 2. The molecule has 0 heterocycles. The second-order valence-electron chi connectivity index (χ2n) is 5.39. The largest absolute Gasteiger partial charge is 0.454 e. The molecule has 0 radical (unpaired) electrons. The van der Waals surface area contributed by atoms with Crippen LogP contribution in [0.15, 0.2) is 42.5 Å². The first-order valence-electron chi connectivity index (χ1n) is 7.60. The van der Waals surface area contributed by atoms with Crippen molar-refractivity contribution in [2.75, 3.05) is 18.5 Å². The zero-order valence-corrected chi connectivity index (χ0v) is 14.6. The van der Waals surface area contributed by atoms with Crippen molar-refractivity contribution in [3.8, 4) is 0 Å². The van der Waals surface area contributed by atoms with Gasteiger partial charge in [-0.2, -0.15) is 0 Å². The highest BCUT2D eigenvalue weighted by Crippen LogP contribution is 2.19. The van der Waals surface area contributed by atoms with E-state index < -0.39 is 36.8 Å². The van der Waals surface area contributed by atoms with Crippen molar-refractivity contribution < 1.29 is 23.5 Å². The lowest BCUT2D eigenvalue weighted by Crippen LogP contribution is -2.32. The predicted octanol–water partition coefficient (Wildman–Crippen LogP) is 2.70. The summed E-state index contributed by atoms with van der Waals surface area (Å²) in [5.74, 6) is -2.63. The third-order valence-corrected chi connectivity index (χ3v) is 3.48. The van der Waals surface area contributed by atoms with Crippen LogP contribution in [0.3, 0.4) is 0 Å². The number of ether oxygens (including phenoxy) is 1. The van der Waals surface area contributed by atoms with E-state index in [1.807, 2.05) is 13.0 Å². The molecule has 136 valence electrons. The Morgan fingerprint density at radius 1 is 1.15 bits per heavy atom. The molecule has 2 aromatic carbocycles. The summed E-state index contributed by atoms with van der Waals surface area (Å²) in [5, 5.41) is 4.88. The molecule has 8 heteroatoms. The van der Waals surface area contributed by atoms with E-state index in [1.165, 1.54) is 12.1 Å². The molecule has 2 rings (SSSR count). The number of rotatable bonds is 6. The number of amides is 2.